The van der Waals surface area contributed by atoms with Crippen molar-refractivity contribution in [2.75, 3.05) is 25.0 Å². The van der Waals surface area contributed by atoms with Crippen LogP contribution in [0, 0.1) is 6.92 Å². The molecule has 6 rings (SSSR count). The van der Waals surface area contributed by atoms with Crippen LogP contribution in [0.15, 0.2) is 48.5 Å². The molecule has 16 nitrogen and oxygen atoms in total. The second-order valence-electron chi connectivity index (χ2n) is 15.3. The van der Waals surface area contributed by atoms with Crippen LogP contribution in [-0.4, -0.2) is 129 Å². The minimum absolute atomic E-state index is 0.00983. The van der Waals surface area contributed by atoms with Crippen LogP contribution in [-0.2, 0) is 39.9 Å². The number of hydrogen-bond donors (Lipinski definition) is 5. The number of cyclic esters (lactones) is 1. The van der Waals surface area contributed by atoms with Gasteiger partial charge >= 0.3 is 12.0 Å². The Hall–Kier alpha value is -5.22. The van der Waals surface area contributed by atoms with Gasteiger partial charge in [0.25, 0.3) is 0 Å². The average molecular weight is 808 g/mol. The van der Waals surface area contributed by atoms with Crippen LogP contribution in [0.1, 0.15) is 63.5 Å². The van der Waals surface area contributed by atoms with E-state index in [0.717, 1.165) is 5.56 Å². The molecule has 4 aliphatic heterocycles. The van der Waals surface area contributed by atoms with Crippen LogP contribution in [0.25, 0.3) is 0 Å². The maximum Gasteiger partial charge on any atom is 0.329 e. The Labute approximate surface area is 336 Å². The van der Waals surface area contributed by atoms with Crippen LogP contribution >= 0.6 is 11.6 Å². The standard InChI is InChI=1S/C40H50ClN7O9/c1-22-8-6-9-25(18-22)19-29(44-40(56)43-27-14-12-26(41)13-15-27)34(50)45-33-24(3)57-39(55)31-11-7-17-47(31)36(52)23(2)42-35(51)30-10-4-5-16-46(30)37(53)32-20-28(49)21-48(32)38(33)54/h6,8-9,12-15,18,23-24,28-33,49H,4-5,7,10-11,16-17,19-21H2,1-3H3,(H,42,51)(H,45,50)(H2,43,44,56)/t23-,24-,28+,29-,30-,31-,32-,33-/m0/s1. The average Bonchev–Trinajstić information content (AvgIpc) is 3.83. The molecular weight excluding hydrogens is 758 g/mol. The van der Waals surface area contributed by atoms with Gasteiger partial charge in [-0.2, -0.15) is 0 Å². The molecule has 7 amide bonds. The predicted octanol–water partition coefficient (Wildman–Crippen LogP) is 1.65. The number of ether oxygens (including phenoxy) is 1. The van der Waals surface area contributed by atoms with Gasteiger partial charge in [0.2, 0.25) is 29.5 Å². The van der Waals surface area contributed by atoms with Gasteiger partial charge in [-0.1, -0.05) is 41.4 Å². The van der Waals surface area contributed by atoms with E-state index in [1.807, 2.05) is 25.1 Å². The molecular formula is C40H50ClN7O9. The lowest BCUT2D eigenvalue weighted by Gasteiger charge is -2.39. The van der Waals surface area contributed by atoms with E-state index in [0.29, 0.717) is 42.0 Å². The molecule has 0 spiro atoms. The van der Waals surface area contributed by atoms with Crippen molar-refractivity contribution < 1.29 is 43.4 Å². The van der Waals surface area contributed by atoms with Crippen LogP contribution in [0.5, 0.6) is 0 Å². The fourth-order valence-electron chi connectivity index (χ4n) is 8.13. The third kappa shape index (κ3) is 9.67. The number of piperidine rings is 1. The number of carbonyl (C=O) groups is 7. The first-order chi connectivity index (χ1) is 27.2. The molecule has 0 bridgehead atoms. The normalized spacial score (nSPS) is 27.8. The van der Waals surface area contributed by atoms with Gasteiger partial charge < -0.3 is 45.8 Å². The van der Waals surface area contributed by atoms with Crippen LogP contribution in [0.3, 0.4) is 0 Å². The summed E-state index contributed by atoms with van der Waals surface area (Å²) in [6, 6.07) is 5.97. The number of aryl methyl sites for hydroxylation is 1. The van der Waals surface area contributed by atoms with Crippen molar-refractivity contribution in [1.29, 1.82) is 0 Å². The largest absolute Gasteiger partial charge is 0.458 e. The number of rotatable bonds is 6. The summed E-state index contributed by atoms with van der Waals surface area (Å²) in [6.07, 6.45) is -0.201. The number of amides is 7. The Bertz CT molecular complexity index is 1880. The molecule has 4 fully saturated rings. The zero-order valence-corrected chi connectivity index (χ0v) is 33.0. The Kier molecular flexibility index (Phi) is 13.0. The predicted molar refractivity (Wildman–Crippen MR) is 208 cm³/mol. The van der Waals surface area contributed by atoms with Crippen molar-refractivity contribution >= 4 is 58.8 Å². The van der Waals surface area contributed by atoms with E-state index in [9.17, 15) is 38.7 Å². The quantitative estimate of drug-likeness (QED) is 0.269. The summed E-state index contributed by atoms with van der Waals surface area (Å²) in [4.78, 5) is 102. The van der Waals surface area contributed by atoms with Crippen LogP contribution in [0.4, 0.5) is 10.5 Å². The van der Waals surface area contributed by atoms with Gasteiger partial charge in [-0.3, -0.25) is 24.0 Å². The van der Waals surface area contributed by atoms with Crippen LogP contribution in [0.2, 0.25) is 5.02 Å². The Morgan fingerprint density at radius 3 is 2.33 bits per heavy atom. The molecule has 2 aromatic carbocycles. The SMILES string of the molecule is Cc1cccc(C[C@H](NC(=O)Nc2ccc(Cl)cc2)C(=O)N[C@@H]2C(=O)N3C[C@H](O)C[C@H]3C(=O)N3CCCC[C@H]3C(=O)N[C@@H](C)C(=O)N3CCC[C@H]3C(=O)O[C@H]2C)c1. The number of esters is 1. The molecule has 4 saturated heterocycles. The van der Waals surface area contributed by atoms with Crippen molar-refractivity contribution in [3.8, 4) is 0 Å². The zero-order valence-electron chi connectivity index (χ0n) is 32.2. The van der Waals surface area contributed by atoms with Gasteiger partial charge in [0, 0.05) is 43.2 Å². The lowest BCUT2D eigenvalue weighted by atomic mass is 9.98. The maximum absolute atomic E-state index is 14.7. The fourth-order valence-corrected chi connectivity index (χ4v) is 8.26. The Morgan fingerprint density at radius 2 is 1.60 bits per heavy atom. The fraction of sp³-hybridized carbons (Fsp3) is 0.525. The third-order valence-corrected chi connectivity index (χ3v) is 11.3. The molecule has 8 atom stereocenters. The molecule has 0 aromatic heterocycles. The van der Waals surface area contributed by atoms with E-state index in [4.69, 9.17) is 16.3 Å². The molecule has 17 heteroatoms. The summed E-state index contributed by atoms with van der Waals surface area (Å²) in [5.41, 5.74) is 2.03. The highest BCUT2D eigenvalue weighted by atomic mass is 35.5. The van der Waals surface area contributed by atoms with Crippen LogP contribution < -0.4 is 21.3 Å². The molecule has 0 unspecified atom stereocenters. The first-order valence-corrected chi connectivity index (χ1v) is 19.9. The smallest absolute Gasteiger partial charge is 0.329 e. The number of anilines is 1. The topological polar surface area (TPSA) is 207 Å². The van der Waals surface area contributed by atoms with Crippen molar-refractivity contribution in [3.05, 3.63) is 64.7 Å². The first-order valence-electron chi connectivity index (χ1n) is 19.5. The van der Waals surface area contributed by atoms with Gasteiger partial charge in [0.05, 0.1) is 6.10 Å². The first kappa shape index (κ1) is 41.4. The van der Waals surface area contributed by atoms with Gasteiger partial charge in [0.15, 0.2) is 0 Å². The van der Waals surface area contributed by atoms with E-state index in [-0.39, 0.29) is 38.9 Å². The van der Waals surface area contributed by atoms with Crippen molar-refractivity contribution in [2.45, 2.75) is 114 Å². The van der Waals surface area contributed by atoms with Gasteiger partial charge in [-0.15, -0.1) is 0 Å². The lowest BCUT2D eigenvalue weighted by Crippen LogP contribution is -2.63. The van der Waals surface area contributed by atoms with E-state index in [2.05, 4.69) is 21.3 Å². The molecule has 306 valence electrons. The zero-order chi connectivity index (χ0) is 41.0. The number of hydrogen-bond acceptors (Lipinski definition) is 9. The van der Waals surface area contributed by atoms with Gasteiger partial charge in [-0.05, 0) is 82.7 Å². The molecule has 0 radical (unpaired) electrons. The second-order valence-corrected chi connectivity index (χ2v) is 15.8. The summed E-state index contributed by atoms with van der Waals surface area (Å²) >= 11 is 6.00. The van der Waals surface area contributed by atoms with Gasteiger partial charge in [0.1, 0.15) is 42.4 Å². The minimum atomic E-state index is -1.60. The van der Waals surface area contributed by atoms with Crippen molar-refractivity contribution in [3.63, 3.8) is 0 Å². The Balaban J connectivity index is 1.33. The molecule has 5 N–H and O–H groups in total. The number of fused-ring (bicyclic) bond motifs is 3. The molecule has 0 aliphatic carbocycles. The molecule has 2 aromatic rings. The van der Waals surface area contributed by atoms with E-state index in [1.165, 1.54) is 28.5 Å². The lowest BCUT2D eigenvalue weighted by molar-refractivity contribution is -0.163. The summed E-state index contributed by atoms with van der Waals surface area (Å²) < 4.78 is 5.87. The molecule has 4 aliphatic rings. The summed E-state index contributed by atoms with van der Waals surface area (Å²) in [5.74, 6) is -3.99. The molecule has 4 heterocycles. The highest BCUT2D eigenvalue weighted by molar-refractivity contribution is 6.30. The summed E-state index contributed by atoms with van der Waals surface area (Å²) in [7, 11) is 0. The monoisotopic (exact) mass is 807 g/mol. The van der Waals surface area contributed by atoms with Crippen molar-refractivity contribution in [1.82, 2.24) is 30.7 Å². The van der Waals surface area contributed by atoms with Crippen molar-refractivity contribution in [2.24, 2.45) is 0 Å². The highest BCUT2D eigenvalue weighted by Crippen LogP contribution is 2.28. The number of nitrogens with one attached hydrogen (secondary N) is 4. The van der Waals surface area contributed by atoms with E-state index >= 15 is 0 Å². The maximum atomic E-state index is 14.7. The van der Waals surface area contributed by atoms with Gasteiger partial charge in [-0.25, -0.2) is 9.59 Å². The van der Waals surface area contributed by atoms with E-state index < -0.39 is 90.0 Å². The summed E-state index contributed by atoms with van der Waals surface area (Å²) in [6.45, 7) is 5.03. The number of nitrogens with zero attached hydrogens (tertiary/aromatic N) is 3. The number of halogens is 1. The number of aliphatic hydroxyl groups is 1. The number of aliphatic hydroxyl groups excluding tert-OH is 1. The third-order valence-electron chi connectivity index (χ3n) is 11.1. The number of urea groups is 1. The number of carbonyl (C=O) groups excluding carboxylic acids is 7. The molecule has 0 saturated carbocycles. The Morgan fingerprint density at radius 1 is 0.895 bits per heavy atom. The number of benzene rings is 2. The summed E-state index contributed by atoms with van der Waals surface area (Å²) in [5, 5.41) is 22.2. The van der Waals surface area contributed by atoms with E-state index in [1.54, 1.807) is 30.3 Å². The second kappa shape index (κ2) is 17.9. The highest BCUT2D eigenvalue weighted by Gasteiger charge is 2.48. The molecule has 57 heavy (non-hydrogen) atoms. The minimum Gasteiger partial charge on any atom is -0.458 e.